The van der Waals surface area contributed by atoms with Crippen LogP contribution in [0.3, 0.4) is 0 Å². The predicted octanol–water partition coefficient (Wildman–Crippen LogP) is 2.25. The molecular formula is C23H26FN3O6S. The second-order valence-corrected chi connectivity index (χ2v) is 9.81. The van der Waals surface area contributed by atoms with Crippen molar-refractivity contribution in [2.75, 3.05) is 38.6 Å². The van der Waals surface area contributed by atoms with Gasteiger partial charge in [-0.3, -0.25) is 9.59 Å². The molecule has 182 valence electrons. The average Bonchev–Trinajstić information content (AvgIpc) is 2.84. The smallest absolute Gasteiger partial charge is 0.338 e. The second kappa shape index (κ2) is 11.2. The van der Waals surface area contributed by atoms with Crippen molar-refractivity contribution in [3.05, 3.63) is 59.9 Å². The molecule has 3 rings (SSSR count). The second-order valence-electron chi connectivity index (χ2n) is 7.87. The largest absolute Gasteiger partial charge is 0.452 e. The molecule has 0 aromatic heterocycles. The Balaban J connectivity index is 1.53. The van der Waals surface area contributed by atoms with Crippen LogP contribution in [0.15, 0.2) is 53.4 Å². The molecule has 1 aliphatic heterocycles. The van der Waals surface area contributed by atoms with Gasteiger partial charge in [-0.05, 0) is 55.3 Å². The maximum Gasteiger partial charge on any atom is 0.338 e. The SMILES string of the molecule is CN(CC(=O)Nc1ccc(F)cc1)C(=O)COC(=O)c1cccc(S(=O)(=O)N2CCCCC2)c1. The zero-order valence-corrected chi connectivity index (χ0v) is 19.5. The van der Waals surface area contributed by atoms with Crippen molar-refractivity contribution in [2.24, 2.45) is 0 Å². The molecule has 2 amide bonds. The van der Waals surface area contributed by atoms with Crippen molar-refractivity contribution in [1.82, 2.24) is 9.21 Å². The summed E-state index contributed by atoms with van der Waals surface area (Å²) in [6.07, 6.45) is 2.56. The van der Waals surface area contributed by atoms with Gasteiger partial charge in [0.2, 0.25) is 15.9 Å². The first-order valence-electron chi connectivity index (χ1n) is 10.7. The topological polar surface area (TPSA) is 113 Å². The van der Waals surface area contributed by atoms with E-state index < -0.39 is 40.2 Å². The van der Waals surface area contributed by atoms with Gasteiger partial charge in [0.1, 0.15) is 5.82 Å². The highest BCUT2D eigenvalue weighted by atomic mass is 32.2. The molecule has 0 radical (unpaired) electrons. The quantitative estimate of drug-likeness (QED) is 0.567. The lowest BCUT2D eigenvalue weighted by Gasteiger charge is -2.26. The van der Waals surface area contributed by atoms with Crippen molar-refractivity contribution in [2.45, 2.75) is 24.2 Å². The fourth-order valence-corrected chi connectivity index (χ4v) is 4.96. The number of nitrogens with zero attached hydrogens (tertiary/aromatic N) is 2. The van der Waals surface area contributed by atoms with E-state index in [2.05, 4.69) is 5.32 Å². The van der Waals surface area contributed by atoms with Crippen LogP contribution in [0, 0.1) is 5.82 Å². The first-order valence-corrected chi connectivity index (χ1v) is 12.2. The molecule has 1 aliphatic rings. The Labute approximate surface area is 197 Å². The Hall–Kier alpha value is -3.31. The average molecular weight is 492 g/mol. The van der Waals surface area contributed by atoms with Crippen LogP contribution in [0.25, 0.3) is 0 Å². The van der Waals surface area contributed by atoms with Gasteiger partial charge in [-0.15, -0.1) is 0 Å². The van der Waals surface area contributed by atoms with Gasteiger partial charge in [0.25, 0.3) is 5.91 Å². The van der Waals surface area contributed by atoms with E-state index >= 15 is 0 Å². The lowest BCUT2D eigenvalue weighted by Crippen LogP contribution is -2.37. The molecular weight excluding hydrogens is 465 g/mol. The number of ether oxygens (including phenoxy) is 1. The maximum absolute atomic E-state index is 12.9. The number of anilines is 1. The summed E-state index contributed by atoms with van der Waals surface area (Å²) < 4.78 is 45.0. The molecule has 1 heterocycles. The van der Waals surface area contributed by atoms with E-state index in [9.17, 15) is 27.2 Å². The number of carbonyl (C=O) groups excluding carboxylic acids is 3. The zero-order valence-electron chi connectivity index (χ0n) is 18.7. The third-order valence-electron chi connectivity index (χ3n) is 5.28. The molecule has 0 spiro atoms. The molecule has 1 N–H and O–H groups in total. The van der Waals surface area contributed by atoms with Crippen LogP contribution in [-0.4, -0.2) is 68.7 Å². The van der Waals surface area contributed by atoms with Crippen LogP contribution < -0.4 is 5.32 Å². The Morgan fingerprint density at radius 3 is 2.41 bits per heavy atom. The van der Waals surface area contributed by atoms with E-state index in [0.717, 1.165) is 24.2 Å². The molecule has 0 unspecified atom stereocenters. The van der Waals surface area contributed by atoms with Gasteiger partial charge in [-0.2, -0.15) is 4.31 Å². The number of likely N-dealkylation sites (N-methyl/N-ethyl adjacent to an activating group) is 1. The summed E-state index contributed by atoms with van der Waals surface area (Å²) >= 11 is 0. The zero-order chi connectivity index (χ0) is 24.7. The van der Waals surface area contributed by atoms with Crippen LogP contribution in [0.4, 0.5) is 10.1 Å². The lowest BCUT2D eigenvalue weighted by atomic mass is 10.2. The third kappa shape index (κ3) is 6.61. The Morgan fingerprint density at radius 1 is 1.06 bits per heavy atom. The number of sulfonamides is 1. The van der Waals surface area contributed by atoms with Crippen molar-refractivity contribution in [3.63, 3.8) is 0 Å². The van der Waals surface area contributed by atoms with Crippen LogP contribution in [-0.2, 0) is 24.3 Å². The van der Waals surface area contributed by atoms with Crippen molar-refractivity contribution < 1.29 is 31.9 Å². The fraction of sp³-hybridized carbons (Fsp3) is 0.348. The normalized spacial score (nSPS) is 14.3. The molecule has 0 bridgehead atoms. The summed E-state index contributed by atoms with van der Waals surface area (Å²) in [4.78, 5) is 37.8. The summed E-state index contributed by atoms with van der Waals surface area (Å²) in [6.45, 7) is -0.0568. The Morgan fingerprint density at radius 2 is 1.74 bits per heavy atom. The van der Waals surface area contributed by atoms with Gasteiger partial charge in [0.15, 0.2) is 6.61 Å². The number of halogens is 1. The highest BCUT2D eigenvalue weighted by Gasteiger charge is 2.27. The highest BCUT2D eigenvalue weighted by molar-refractivity contribution is 7.89. The minimum atomic E-state index is -3.72. The van der Waals surface area contributed by atoms with Gasteiger partial charge < -0.3 is 15.0 Å². The first kappa shape index (κ1) is 25.3. The number of hydrogen-bond acceptors (Lipinski definition) is 6. The Bertz CT molecular complexity index is 1150. The Kier molecular flexibility index (Phi) is 8.35. The minimum absolute atomic E-state index is 0.00240. The number of amides is 2. The lowest BCUT2D eigenvalue weighted by molar-refractivity contribution is -0.136. The number of rotatable bonds is 8. The predicted molar refractivity (Wildman–Crippen MR) is 122 cm³/mol. The summed E-state index contributed by atoms with van der Waals surface area (Å²) in [5.74, 6) is -2.43. The molecule has 0 aliphatic carbocycles. The number of benzene rings is 2. The first-order chi connectivity index (χ1) is 16.2. The van der Waals surface area contributed by atoms with Gasteiger partial charge >= 0.3 is 5.97 Å². The van der Waals surface area contributed by atoms with Gasteiger partial charge in [0.05, 0.1) is 17.0 Å². The van der Waals surface area contributed by atoms with Gasteiger partial charge in [0, 0.05) is 25.8 Å². The van der Waals surface area contributed by atoms with E-state index in [1.807, 2.05) is 0 Å². The van der Waals surface area contributed by atoms with Crippen molar-refractivity contribution >= 4 is 33.5 Å². The summed E-state index contributed by atoms with van der Waals surface area (Å²) in [7, 11) is -2.35. The monoisotopic (exact) mass is 491 g/mol. The van der Waals surface area contributed by atoms with Gasteiger partial charge in [-0.25, -0.2) is 17.6 Å². The van der Waals surface area contributed by atoms with E-state index in [4.69, 9.17) is 4.74 Å². The molecule has 2 aromatic carbocycles. The van der Waals surface area contributed by atoms with Crippen LogP contribution in [0.2, 0.25) is 0 Å². The molecule has 2 aromatic rings. The van der Waals surface area contributed by atoms with Crippen LogP contribution in [0.5, 0.6) is 0 Å². The molecule has 0 saturated carbocycles. The molecule has 9 nitrogen and oxygen atoms in total. The maximum atomic E-state index is 12.9. The summed E-state index contributed by atoms with van der Waals surface area (Å²) in [6, 6.07) is 10.7. The fourth-order valence-electron chi connectivity index (χ4n) is 3.40. The third-order valence-corrected chi connectivity index (χ3v) is 7.18. The number of esters is 1. The number of carbonyl (C=O) groups is 3. The summed E-state index contributed by atoms with van der Waals surface area (Å²) in [5, 5.41) is 2.52. The number of nitrogens with one attached hydrogen (secondary N) is 1. The molecule has 34 heavy (non-hydrogen) atoms. The van der Waals surface area contributed by atoms with Crippen molar-refractivity contribution in [1.29, 1.82) is 0 Å². The summed E-state index contributed by atoms with van der Waals surface area (Å²) in [5.41, 5.74) is 0.376. The van der Waals surface area contributed by atoms with E-state index in [1.54, 1.807) is 0 Å². The van der Waals surface area contributed by atoms with Crippen LogP contribution >= 0.6 is 0 Å². The minimum Gasteiger partial charge on any atom is -0.452 e. The molecule has 1 saturated heterocycles. The van der Waals surface area contributed by atoms with E-state index in [1.165, 1.54) is 59.9 Å². The van der Waals surface area contributed by atoms with E-state index in [0.29, 0.717) is 18.8 Å². The molecule has 1 fully saturated rings. The number of piperidine rings is 1. The highest BCUT2D eigenvalue weighted by Crippen LogP contribution is 2.21. The van der Waals surface area contributed by atoms with E-state index in [-0.39, 0.29) is 17.0 Å². The van der Waals surface area contributed by atoms with Crippen molar-refractivity contribution in [3.8, 4) is 0 Å². The number of hydrogen-bond donors (Lipinski definition) is 1. The van der Waals surface area contributed by atoms with Gasteiger partial charge in [-0.1, -0.05) is 12.5 Å². The standard InChI is InChI=1S/C23H26FN3O6S/c1-26(15-21(28)25-19-10-8-18(24)9-11-19)22(29)16-33-23(30)17-6-5-7-20(14-17)34(31,32)27-12-3-2-4-13-27/h5-11,14H,2-4,12-13,15-16H2,1H3,(H,25,28). The molecule has 0 atom stereocenters. The van der Waals surface area contributed by atoms with Crippen LogP contribution in [0.1, 0.15) is 29.6 Å². The molecule has 11 heteroatoms.